The van der Waals surface area contributed by atoms with Gasteiger partial charge >= 0.3 is 0 Å². The van der Waals surface area contributed by atoms with Crippen LogP contribution in [0, 0.1) is 0 Å². The van der Waals surface area contributed by atoms with Gasteiger partial charge in [-0.2, -0.15) is 16.9 Å². The third kappa shape index (κ3) is 4.31. The Balaban J connectivity index is 1.46. The van der Waals surface area contributed by atoms with E-state index in [2.05, 4.69) is 29.6 Å². The van der Waals surface area contributed by atoms with E-state index in [0.717, 1.165) is 45.4 Å². The van der Waals surface area contributed by atoms with Gasteiger partial charge < -0.3 is 5.32 Å². The lowest BCUT2D eigenvalue weighted by molar-refractivity contribution is -0.116. The summed E-state index contributed by atoms with van der Waals surface area (Å²) in [5.41, 5.74) is 5.21. The second-order valence-electron chi connectivity index (χ2n) is 7.78. The highest BCUT2D eigenvalue weighted by atomic mass is 35.5. The number of fused-ring (bicyclic) bond motifs is 1. The SMILES string of the molecule is O=C(CC(c1ccccc1)c1ccccc1)Nc1c2c(nn1-c1cccc(Cl)c1)CSC2. The van der Waals surface area contributed by atoms with Crippen molar-refractivity contribution in [1.82, 2.24) is 9.78 Å². The minimum atomic E-state index is -0.0365. The summed E-state index contributed by atoms with van der Waals surface area (Å²) in [5.74, 6) is 2.37. The quantitative estimate of drug-likeness (QED) is 0.361. The fourth-order valence-corrected chi connectivity index (χ4v) is 5.32. The number of aromatic nitrogens is 2. The van der Waals surface area contributed by atoms with Crippen molar-refractivity contribution in [2.75, 3.05) is 5.32 Å². The van der Waals surface area contributed by atoms with Crippen molar-refractivity contribution in [1.29, 1.82) is 0 Å². The predicted molar refractivity (Wildman–Crippen MR) is 132 cm³/mol. The maximum atomic E-state index is 13.3. The van der Waals surface area contributed by atoms with Crippen LogP contribution in [0.25, 0.3) is 5.69 Å². The molecule has 3 aromatic carbocycles. The topological polar surface area (TPSA) is 46.9 Å². The summed E-state index contributed by atoms with van der Waals surface area (Å²) in [7, 11) is 0. The first kappa shape index (κ1) is 20.9. The number of anilines is 1. The van der Waals surface area contributed by atoms with Crippen molar-refractivity contribution in [2.45, 2.75) is 23.8 Å². The van der Waals surface area contributed by atoms with Crippen LogP contribution in [0.4, 0.5) is 5.82 Å². The number of benzene rings is 3. The highest BCUT2D eigenvalue weighted by Gasteiger charge is 2.26. The Kier molecular flexibility index (Phi) is 6.02. The lowest BCUT2D eigenvalue weighted by Gasteiger charge is -2.18. The van der Waals surface area contributed by atoms with Crippen LogP contribution in [-0.2, 0) is 16.3 Å². The van der Waals surface area contributed by atoms with E-state index in [1.54, 1.807) is 0 Å². The molecule has 4 nitrogen and oxygen atoms in total. The largest absolute Gasteiger partial charge is 0.310 e. The van der Waals surface area contributed by atoms with E-state index in [0.29, 0.717) is 11.4 Å². The van der Waals surface area contributed by atoms with Gasteiger partial charge in [0, 0.05) is 34.4 Å². The maximum Gasteiger partial charge on any atom is 0.226 e. The molecular weight excluding hydrogens is 438 g/mol. The summed E-state index contributed by atoms with van der Waals surface area (Å²) in [5, 5.41) is 8.59. The predicted octanol–water partition coefficient (Wildman–Crippen LogP) is 6.43. The van der Waals surface area contributed by atoms with Gasteiger partial charge in [0.15, 0.2) is 0 Å². The van der Waals surface area contributed by atoms with E-state index < -0.39 is 0 Å². The molecule has 6 heteroatoms. The zero-order valence-electron chi connectivity index (χ0n) is 17.4. The molecule has 1 aromatic heterocycles. The van der Waals surface area contributed by atoms with Crippen LogP contribution < -0.4 is 5.32 Å². The van der Waals surface area contributed by atoms with E-state index in [1.165, 1.54) is 0 Å². The molecule has 1 amide bonds. The smallest absolute Gasteiger partial charge is 0.226 e. The van der Waals surface area contributed by atoms with Crippen molar-refractivity contribution < 1.29 is 4.79 Å². The van der Waals surface area contributed by atoms with Crippen molar-refractivity contribution in [2.24, 2.45) is 0 Å². The summed E-state index contributed by atoms with van der Waals surface area (Å²) in [4.78, 5) is 13.3. The molecule has 0 radical (unpaired) electrons. The molecule has 2 heterocycles. The second-order valence-corrected chi connectivity index (χ2v) is 9.21. The summed E-state index contributed by atoms with van der Waals surface area (Å²) in [6, 6.07) is 27.9. The number of amides is 1. The average Bonchev–Trinajstić information content (AvgIpc) is 3.41. The Morgan fingerprint density at radius 1 is 0.969 bits per heavy atom. The number of thioether (sulfide) groups is 1. The van der Waals surface area contributed by atoms with Gasteiger partial charge in [-0.05, 0) is 29.3 Å². The Morgan fingerprint density at radius 2 is 1.66 bits per heavy atom. The molecule has 1 aliphatic rings. The zero-order valence-corrected chi connectivity index (χ0v) is 18.9. The van der Waals surface area contributed by atoms with Gasteiger partial charge in [-0.1, -0.05) is 78.3 Å². The highest BCUT2D eigenvalue weighted by Crippen LogP contribution is 2.37. The third-order valence-corrected chi connectivity index (χ3v) is 6.86. The van der Waals surface area contributed by atoms with E-state index >= 15 is 0 Å². The summed E-state index contributed by atoms with van der Waals surface area (Å²) < 4.78 is 1.81. The van der Waals surface area contributed by atoms with Gasteiger partial charge in [-0.25, -0.2) is 4.68 Å². The molecule has 0 atom stereocenters. The normalized spacial score (nSPS) is 12.7. The molecule has 1 aliphatic heterocycles. The lowest BCUT2D eigenvalue weighted by Crippen LogP contribution is -2.19. The van der Waals surface area contributed by atoms with E-state index in [-0.39, 0.29) is 11.8 Å². The molecule has 0 saturated carbocycles. The Labute approximate surface area is 196 Å². The van der Waals surface area contributed by atoms with Gasteiger partial charge in [0.1, 0.15) is 5.82 Å². The molecule has 160 valence electrons. The first-order valence-electron chi connectivity index (χ1n) is 10.5. The Hall–Kier alpha value is -3.02. The molecule has 4 aromatic rings. The minimum Gasteiger partial charge on any atom is -0.310 e. The van der Waals surface area contributed by atoms with Crippen LogP contribution in [0.1, 0.15) is 34.7 Å². The third-order valence-electron chi connectivity index (χ3n) is 5.66. The number of carbonyl (C=O) groups is 1. The van der Waals surface area contributed by atoms with Crippen LogP contribution in [0.2, 0.25) is 5.02 Å². The summed E-state index contributed by atoms with van der Waals surface area (Å²) >= 11 is 8.03. The standard InChI is InChI=1S/C26H22ClN3OS/c27-20-12-7-13-21(14-20)30-26(23-16-32-17-24(23)29-30)28-25(31)15-22(18-8-3-1-4-9-18)19-10-5-2-6-11-19/h1-14,22H,15-17H2,(H,28,31). The number of hydrogen-bond donors (Lipinski definition) is 1. The van der Waals surface area contributed by atoms with Crippen LogP contribution in [0.3, 0.4) is 0 Å². The number of nitrogens with zero attached hydrogens (tertiary/aromatic N) is 2. The van der Waals surface area contributed by atoms with Crippen molar-refractivity contribution in [3.05, 3.63) is 112 Å². The van der Waals surface area contributed by atoms with Gasteiger partial charge in [-0.3, -0.25) is 4.79 Å². The van der Waals surface area contributed by atoms with Crippen molar-refractivity contribution in [3.8, 4) is 5.69 Å². The van der Waals surface area contributed by atoms with Gasteiger partial charge in [0.25, 0.3) is 0 Å². The molecule has 0 unspecified atom stereocenters. The fraction of sp³-hybridized carbons (Fsp3) is 0.154. The number of rotatable bonds is 6. The molecule has 0 spiro atoms. The minimum absolute atomic E-state index is 0.0256. The van der Waals surface area contributed by atoms with Crippen LogP contribution in [0.15, 0.2) is 84.9 Å². The average molecular weight is 460 g/mol. The Morgan fingerprint density at radius 3 is 2.31 bits per heavy atom. The molecule has 32 heavy (non-hydrogen) atoms. The van der Waals surface area contributed by atoms with E-state index in [4.69, 9.17) is 16.7 Å². The van der Waals surface area contributed by atoms with Crippen molar-refractivity contribution >= 4 is 35.1 Å². The molecular formula is C26H22ClN3OS. The fourth-order valence-electron chi connectivity index (χ4n) is 4.10. The van der Waals surface area contributed by atoms with Gasteiger partial charge in [-0.15, -0.1) is 0 Å². The molecule has 0 fully saturated rings. The zero-order chi connectivity index (χ0) is 21.9. The highest BCUT2D eigenvalue weighted by molar-refractivity contribution is 7.98. The lowest BCUT2D eigenvalue weighted by atomic mass is 9.88. The first-order chi connectivity index (χ1) is 15.7. The molecule has 1 N–H and O–H groups in total. The number of hydrogen-bond acceptors (Lipinski definition) is 3. The second kappa shape index (κ2) is 9.23. The van der Waals surface area contributed by atoms with E-state index in [9.17, 15) is 4.79 Å². The van der Waals surface area contributed by atoms with Gasteiger partial charge in [0.2, 0.25) is 5.91 Å². The molecule has 0 aliphatic carbocycles. The number of carbonyl (C=O) groups excluding carboxylic acids is 1. The summed E-state index contributed by atoms with van der Waals surface area (Å²) in [6.45, 7) is 0. The molecule has 0 bridgehead atoms. The van der Waals surface area contributed by atoms with E-state index in [1.807, 2.05) is 77.1 Å². The number of halogens is 1. The van der Waals surface area contributed by atoms with Crippen LogP contribution in [0.5, 0.6) is 0 Å². The van der Waals surface area contributed by atoms with Crippen molar-refractivity contribution in [3.63, 3.8) is 0 Å². The van der Waals surface area contributed by atoms with Gasteiger partial charge in [0.05, 0.1) is 11.4 Å². The number of nitrogens with one attached hydrogen (secondary N) is 1. The first-order valence-corrected chi connectivity index (χ1v) is 12.1. The maximum absolute atomic E-state index is 13.3. The monoisotopic (exact) mass is 459 g/mol. The van der Waals surface area contributed by atoms with Crippen LogP contribution >= 0.6 is 23.4 Å². The summed E-state index contributed by atoms with van der Waals surface area (Å²) in [6.07, 6.45) is 0.344. The molecule has 0 saturated heterocycles. The molecule has 5 rings (SSSR count). The Bertz CT molecular complexity index is 1200. The van der Waals surface area contributed by atoms with Crippen LogP contribution in [-0.4, -0.2) is 15.7 Å².